The Morgan fingerprint density at radius 1 is 1.00 bits per heavy atom. The molecule has 0 saturated carbocycles. The van der Waals surface area contributed by atoms with Crippen LogP contribution in [0.15, 0.2) is 90.4 Å². The maximum Gasteiger partial charge on any atom is 0.252 e. The molecule has 0 bridgehead atoms. The zero-order valence-electron chi connectivity index (χ0n) is 18.5. The number of halogens is 3. The number of aromatic nitrogens is 4. The lowest BCUT2D eigenvalue weighted by molar-refractivity contribution is 0.401. The Morgan fingerprint density at radius 2 is 1.76 bits per heavy atom. The normalized spacial score (nSPS) is 11.7. The highest BCUT2D eigenvalue weighted by Gasteiger charge is 2.17. The third-order valence-electron chi connectivity index (χ3n) is 5.32. The number of fused-ring (bicyclic) bond motifs is 1. The number of hydrogen-bond donors (Lipinski definition) is 0. The minimum atomic E-state index is -1.41. The van der Waals surface area contributed by atoms with Crippen molar-refractivity contribution < 1.29 is 8.78 Å². The molecule has 2 aromatic carbocycles. The Hall–Kier alpha value is -3.84. The molecule has 5 aromatic rings. The summed E-state index contributed by atoms with van der Waals surface area (Å²) in [7, 11) is 3.53. The lowest BCUT2D eigenvalue weighted by Crippen LogP contribution is -2.17. The fraction of sp³-hybridized carbons (Fsp3) is 0.115. The van der Waals surface area contributed by atoms with Crippen LogP contribution in [0, 0.1) is 5.82 Å². The monoisotopic (exact) mass is 478 g/mol. The Kier molecular flexibility index (Phi) is 6.84. The summed E-state index contributed by atoms with van der Waals surface area (Å²) in [5.41, 5.74) is 1.95. The van der Waals surface area contributed by atoms with E-state index >= 15 is 4.39 Å². The molecule has 0 aliphatic rings. The smallest absolute Gasteiger partial charge is 0.252 e. The van der Waals surface area contributed by atoms with Crippen molar-refractivity contribution in [3.05, 3.63) is 118 Å². The molecule has 0 N–H and O–H groups in total. The molecule has 1 atom stereocenters. The molecule has 3 heterocycles. The number of rotatable bonds is 3. The van der Waals surface area contributed by atoms with E-state index in [2.05, 4.69) is 9.97 Å². The molecule has 5 rings (SSSR count). The zero-order valence-corrected chi connectivity index (χ0v) is 19.2. The van der Waals surface area contributed by atoms with Gasteiger partial charge in [0.25, 0.3) is 5.56 Å². The topological polar surface area (TPSA) is 52.7 Å². The van der Waals surface area contributed by atoms with E-state index in [-0.39, 0.29) is 5.56 Å². The standard InChI is InChI=1S/C22H15ClF2N2O.C4H6N2/c1-27-20(28)11-18(14-3-2-4-17(24)9-14)19-10-15(12-26-22(19)27)21(25)13-5-7-16(23)8-6-13;1-6-3-2-5-4-6/h2-12,21H,1H3;2-4H,1H3. The Bertz CT molecular complexity index is 1480. The van der Waals surface area contributed by atoms with E-state index in [1.165, 1.54) is 29.0 Å². The van der Waals surface area contributed by atoms with Gasteiger partial charge in [0.2, 0.25) is 0 Å². The molecule has 8 heteroatoms. The van der Waals surface area contributed by atoms with Crippen LogP contribution < -0.4 is 5.56 Å². The van der Waals surface area contributed by atoms with E-state index in [9.17, 15) is 9.18 Å². The van der Waals surface area contributed by atoms with E-state index in [0.29, 0.717) is 38.3 Å². The Balaban J connectivity index is 0.000000398. The Labute approximate surface area is 199 Å². The van der Waals surface area contributed by atoms with E-state index in [1.54, 1.807) is 62.0 Å². The van der Waals surface area contributed by atoms with E-state index in [4.69, 9.17) is 11.6 Å². The first-order valence-electron chi connectivity index (χ1n) is 10.4. The summed E-state index contributed by atoms with van der Waals surface area (Å²) in [6, 6.07) is 15.5. The highest BCUT2D eigenvalue weighted by atomic mass is 35.5. The maximum absolute atomic E-state index is 15.1. The van der Waals surface area contributed by atoms with Gasteiger partial charge in [0.1, 0.15) is 11.5 Å². The molecule has 1 unspecified atom stereocenters. The first kappa shape index (κ1) is 23.3. The van der Waals surface area contributed by atoms with Crippen LogP contribution in [-0.4, -0.2) is 19.1 Å². The van der Waals surface area contributed by atoms with Gasteiger partial charge in [-0.25, -0.2) is 18.7 Å². The highest BCUT2D eigenvalue weighted by molar-refractivity contribution is 6.30. The fourth-order valence-electron chi connectivity index (χ4n) is 3.53. The van der Waals surface area contributed by atoms with Crippen molar-refractivity contribution >= 4 is 22.6 Å². The van der Waals surface area contributed by atoms with E-state index < -0.39 is 12.0 Å². The lowest BCUT2D eigenvalue weighted by atomic mass is 9.99. The second-order valence-corrected chi connectivity index (χ2v) is 8.18. The van der Waals surface area contributed by atoms with Crippen molar-refractivity contribution in [2.45, 2.75) is 6.17 Å². The predicted octanol–water partition coefficient (Wildman–Crippen LogP) is 5.87. The minimum Gasteiger partial charge on any atom is -0.341 e. The van der Waals surface area contributed by atoms with Gasteiger partial charge < -0.3 is 4.57 Å². The maximum atomic E-state index is 15.1. The minimum absolute atomic E-state index is 0.276. The van der Waals surface area contributed by atoms with E-state index in [1.807, 2.05) is 17.8 Å². The van der Waals surface area contributed by atoms with Gasteiger partial charge in [-0.2, -0.15) is 0 Å². The molecular weight excluding hydrogens is 458 g/mol. The third kappa shape index (κ3) is 5.05. The van der Waals surface area contributed by atoms with Crippen LogP contribution in [0.3, 0.4) is 0 Å². The number of hydrogen-bond acceptors (Lipinski definition) is 3. The number of alkyl halides is 1. The van der Waals surface area contributed by atoms with E-state index in [0.717, 1.165) is 0 Å². The molecule has 0 amide bonds. The Morgan fingerprint density at radius 3 is 2.38 bits per heavy atom. The summed E-state index contributed by atoms with van der Waals surface area (Å²) in [4.78, 5) is 20.4. The lowest BCUT2D eigenvalue weighted by Gasteiger charge is -2.14. The molecule has 0 aliphatic carbocycles. The summed E-state index contributed by atoms with van der Waals surface area (Å²) in [6.07, 6.45) is 5.39. The van der Waals surface area contributed by atoms with Gasteiger partial charge in [-0.05, 0) is 47.0 Å². The molecule has 3 aromatic heterocycles. The van der Waals surface area contributed by atoms with Gasteiger partial charge >= 0.3 is 0 Å². The average Bonchev–Trinajstić information content (AvgIpc) is 3.32. The number of nitrogens with zero attached hydrogens (tertiary/aromatic N) is 4. The number of pyridine rings is 2. The summed E-state index contributed by atoms with van der Waals surface area (Å²) in [5.74, 6) is -0.417. The van der Waals surface area contributed by atoms with Crippen molar-refractivity contribution in [2.24, 2.45) is 14.1 Å². The molecular formula is C26H21ClF2N4O. The summed E-state index contributed by atoms with van der Waals surface area (Å²) >= 11 is 5.88. The summed E-state index contributed by atoms with van der Waals surface area (Å²) < 4.78 is 32.1. The summed E-state index contributed by atoms with van der Waals surface area (Å²) in [6.45, 7) is 0. The molecule has 0 radical (unpaired) electrons. The van der Waals surface area contributed by atoms with Crippen molar-refractivity contribution in [3.63, 3.8) is 0 Å². The first-order chi connectivity index (χ1) is 16.3. The van der Waals surface area contributed by atoms with Crippen LogP contribution >= 0.6 is 11.6 Å². The average molecular weight is 479 g/mol. The van der Waals surface area contributed by atoms with Gasteiger partial charge in [0.05, 0.1) is 6.33 Å². The highest BCUT2D eigenvalue weighted by Crippen LogP contribution is 2.32. The third-order valence-corrected chi connectivity index (χ3v) is 5.57. The molecule has 0 aliphatic heterocycles. The van der Waals surface area contributed by atoms with Crippen LogP contribution in [0.4, 0.5) is 8.78 Å². The zero-order chi connectivity index (χ0) is 24.2. The van der Waals surface area contributed by atoms with Gasteiger partial charge in [0.15, 0.2) is 6.17 Å². The van der Waals surface area contributed by atoms with Crippen LogP contribution in [-0.2, 0) is 14.1 Å². The first-order valence-corrected chi connectivity index (χ1v) is 10.8. The van der Waals surface area contributed by atoms with Gasteiger partial charge in [0, 0.05) is 54.7 Å². The van der Waals surface area contributed by atoms with Gasteiger partial charge in [-0.15, -0.1) is 0 Å². The molecule has 172 valence electrons. The van der Waals surface area contributed by atoms with Crippen molar-refractivity contribution in [1.29, 1.82) is 0 Å². The molecule has 5 nitrogen and oxygen atoms in total. The van der Waals surface area contributed by atoms with Crippen molar-refractivity contribution in [2.75, 3.05) is 0 Å². The SMILES string of the molecule is Cn1c(=O)cc(-c2cccc(F)c2)c2cc(C(F)c3ccc(Cl)cc3)cnc21.Cn1ccnc1. The van der Waals surface area contributed by atoms with Crippen LogP contribution in [0.1, 0.15) is 17.3 Å². The largest absolute Gasteiger partial charge is 0.341 e. The predicted molar refractivity (Wildman–Crippen MR) is 130 cm³/mol. The number of imidazole rings is 1. The fourth-order valence-corrected chi connectivity index (χ4v) is 3.65. The van der Waals surface area contributed by atoms with Gasteiger partial charge in [-0.3, -0.25) is 9.36 Å². The molecule has 0 saturated heterocycles. The number of aryl methyl sites for hydroxylation is 2. The van der Waals surface area contributed by atoms with Crippen molar-refractivity contribution in [3.8, 4) is 11.1 Å². The second-order valence-electron chi connectivity index (χ2n) is 7.75. The van der Waals surface area contributed by atoms with Gasteiger partial charge in [-0.1, -0.05) is 35.9 Å². The summed E-state index contributed by atoms with van der Waals surface area (Å²) in [5, 5.41) is 1.10. The van der Waals surface area contributed by atoms with Crippen molar-refractivity contribution in [1.82, 2.24) is 19.1 Å². The molecule has 34 heavy (non-hydrogen) atoms. The molecule has 0 spiro atoms. The molecule has 0 fully saturated rings. The van der Waals surface area contributed by atoms with Crippen LogP contribution in [0.2, 0.25) is 5.02 Å². The second kappa shape index (κ2) is 9.97. The quantitative estimate of drug-likeness (QED) is 0.326. The van der Waals surface area contributed by atoms with Crippen LogP contribution in [0.25, 0.3) is 22.2 Å². The van der Waals surface area contributed by atoms with Crippen LogP contribution in [0.5, 0.6) is 0 Å². The number of benzene rings is 2.